The molecule has 1 atom stereocenters. The fourth-order valence-corrected chi connectivity index (χ4v) is 2.62. The number of halogens is 1. The van der Waals surface area contributed by atoms with E-state index in [9.17, 15) is 0 Å². The molecule has 1 aliphatic rings. The van der Waals surface area contributed by atoms with Gasteiger partial charge in [0.25, 0.3) is 0 Å². The van der Waals surface area contributed by atoms with Crippen molar-refractivity contribution in [2.45, 2.75) is 25.9 Å². The number of hydrogen-bond donors (Lipinski definition) is 0. The van der Waals surface area contributed by atoms with Crippen molar-refractivity contribution < 1.29 is 9.47 Å². The molecule has 0 aromatic carbocycles. The van der Waals surface area contributed by atoms with Crippen molar-refractivity contribution in [2.75, 3.05) is 19.8 Å². The Morgan fingerprint density at radius 2 is 2.38 bits per heavy atom. The monoisotopic (exact) mass is 285 g/mol. The molecule has 16 heavy (non-hydrogen) atoms. The number of pyridine rings is 1. The highest BCUT2D eigenvalue weighted by atomic mass is 79.9. The van der Waals surface area contributed by atoms with Crippen molar-refractivity contribution in [1.29, 1.82) is 0 Å². The van der Waals surface area contributed by atoms with E-state index in [0.29, 0.717) is 13.2 Å². The maximum atomic E-state index is 5.88. The predicted octanol–water partition coefficient (Wildman–Crippen LogP) is 2.80. The van der Waals surface area contributed by atoms with Gasteiger partial charge in [-0.25, -0.2) is 4.98 Å². The van der Waals surface area contributed by atoms with Gasteiger partial charge < -0.3 is 9.47 Å². The van der Waals surface area contributed by atoms with Gasteiger partial charge in [-0.1, -0.05) is 0 Å². The van der Waals surface area contributed by atoms with Gasteiger partial charge in [-0.05, 0) is 47.5 Å². The van der Waals surface area contributed by atoms with E-state index in [-0.39, 0.29) is 5.60 Å². The summed E-state index contributed by atoms with van der Waals surface area (Å²) in [5.41, 5.74) is 1.81. The molecule has 88 valence electrons. The van der Waals surface area contributed by atoms with E-state index < -0.39 is 0 Å². The van der Waals surface area contributed by atoms with Gasteiger partial charge in [0, 0.05) is 19.6 Å². The fourth-order valence-electron chi connectivity index (χ4n) is 2.07. The standard InChI is InChI=1S/C12H16BrNO2/c1-3-16-12(4-5-15-8-12)10-6-9(2)7-11(13)14-10/h6-7H,3-5,8H2,1-2H3. The lowest BCUT2D eigenvalue weighted by atomic mass is 9.97. The maximum absolute atomic E-state index is 5.88. The molecule has 2 heterocycles. The molecular weight excluding hydrogens is 270 g/mol. The first-order valence-corrected chi connectivity index (χ1v) is 6.32. The summed E-state index contributed by atoms with van der Waals surface area (Å²) in [7, 11) is 0. The Balaban J connectivity index is 2.38. The van der Waals surface area contributed by atoms with E-state index in [4.69, 9.17) is 9.47 Å². The number of hydrogen-bond acceptors (Lipinski definition) is 3. The van der Waals surface area contributed by atoms with Crippen LogP contribution in [0.15, 0.2) is 16.7 Å². The second kappa shape index (κ2) is 4.82. The minimum atomic E-state index is -0.344. The molecule has 1 aromatic rings. The summed E-state index contributed by atoms with van der Waals surface area (Å²) in [6.07, 6.45) is 0.879. The average molecular weight is 286 g/mol. The van der Waals surface area contributed by atoms with Gasteiger partial charge in [-0.15, -0.1) is 0 Å². The summed E-state index contributed by atoms with van der Waals surface area (Å²) in [5.74, 6) is 0. The molecule has 0 radical (unpaired) electrons. The molecule has 0 bridgehead atoms. The Bertz CT molecular complexity index is 355. The van der Waals surface area contributed by atoms with E-state index in [1.54, 1.807) is 0 Å². The predicted molar refractivity (Wildman–Crippen MR) is 65.4 cm³/mol. The van der Waals surface area contributed by atoms with E-state index in [0.717, 1.165) is 23.3 Å². The highest BCUT2D eigenvalue weighted by Crippen LogP contribution is 2.34. The van der Waals surface area contributed by atoms with Crippen LogP contribution in [0, 0.1) is 6.92 Å². The number of aromatic nitrogens is 1. The first kappa shape index (κ1) is 12.0. The Labute approximate surface area is 104 Å². The molecule has 1 aromatic heterocycles. The Hall–Kier alpha value is -0.450. The van der Waals surface area contributed by atoms with E-state index >= 15 is 0 Å². The second-order valence-electron chi connectivity index (χ2n) is 4.08. The third-order valence-corrected chi connectivity index (χ3v) is 3.22. The maximum Gasteiger partial charge on any atom is 0.135 e. The van der Waals surface area contributed by atoms with Gasteiger partial charge in [0.15, 0.2) is 0 Å². The Morgan fingerprint density at radius 3 is 2.94 bits per heavy atom. The summed E-state index contributed by atoms with van der Waals surface area (Å²) in [5, 5.41) is 0. The number of ether oxygens (including phenoxy) is 2. The first-order valence-electron chi connectivity index (χ1n) is 5.53. The Kier molecular flexibility index (Phi) is 3.62. The lowest BCUT2D eigenvalue weighted by molar-refractivity contribution is -0.0514. The van der Waals surface area contributed by atoms with Gasteiger partial charge in [0.2, 0.25) is 0 Å². The fraction of sp³-hybridized carbons (Fsp3) is 0.583. The van der Waals surface area contributed by atoms with Crippen LogP contribution in [0.2, 0.25) is 0 Å². The van der Waals surface area contributed by atoms with Gasteiger partial charge in [-0.2, -0.15) is 0 Å². The van der Waals surface area contributed by atoms with Crippen molar-refractivity contribution in [1.82, 2.24) is 4.98 Å². The van der Waals surface area contributed by atoms with Crippen LogP contribution < -0.4 is 0 Å². The van der Waals surface area contributed by atoms with Crippen LogP contribution in [0.3, 0.4) is 0 Å². The summed E-state index contributed by atoms with van der Waals surface area (Å²) >= 11 is 3.43. The van der Waals surface area contributed by atoms with Crippen LogP contribution in [-0.2, 0) is 15.1 Å². The van der Waals surface area contributed by atoms with Crippen molar-refractivity contribution in [3.63, 3.8) is 0 Å². The molecule has 4 heteroatoms. The van der Waals surface area contributed by atoms with Crippen LogP contribution in [0.4, 0.5) is 0 Å². The minimum absolute atomic E-state index is 0.344. The highest BCUT2D eigenvalue weighted by molar-refractivity contribution is 9.10. The highest BCUT2D eigenvalue weighted by Gasteiger charge is 2.39. The van der Waals surface area contributed by atoms with Gasteiger partial charge >= 0.3 is 0 Å². The van der Waals surface area contributed by atoms with Crippen molar-refractivity contribution in [3.8, 4) is 0 Å². The third kappa shape index (κ3) is 2.29. The van der Waals surface area contributed by atoms with Crippen molar-refractivity contribution >= 4 is 15.9 Å². The Morgan fingerprint density at radius 1 is 1.56 bits per heavy atom. The minimum Gasteiger partial charge on any atom is -0.378 e. The quantitative estimate of drug-likeness (QED) is 0.801. The molecule has 1 saturated heterocycles. The van der Waals surface area contributed by atoms with E-state index in [2.05, 4.69) is 33.9 Å². The first-order chi connectivity index (χ1) is 7.66. The largest absolute Gasteiger partial charge is 0.378 e. The van der Waals surface area contributed by atoms with Crippen LogP contribution >= 0.6 is 15.9 Å². The zero-order valence-electron chi connectivity index (χ0n) is 9.62. The summed E-state index contributed by atoms with van der Waals surface area (Å²) in [6.45, 7) is 6.09. The molecule has 1 unspecified atom stereocenters. The normalized spacial score (nSPS) is 24.9. The number of nitrogens with zero attached hydrogens (tertiary/aromatic N) is 1. The molecule has 2 rings (SSSR count). The smallest absolute Gasteiger partial charge is 0.135 e. The van der Waals surface area contributed by atoms with E-state index in [1.807, 2.05) is 13.0 Å². The van der Waals surface area contributed by atoms with Crippen LogP contribution in [-0.4, -0.2) is 24.8 Å². The molecule has 1 fully saturated rings. The molecular formula is C12H16BrNO2. The molecule has 0 spiro atoms. The topological polar surface area (TPSA) is 31.4 Å². The molecule has 1 aliphatic heterocycles. The third-order valence-electron chi connectivity index (χ3n) is 2.81. The van der Waals surface area contributed by atoms with E-state index in [1.165, 1.54) is 5.56 Å². The van der Waals surface area contributed by atoms with Crippen molar-refractivity contribution in [3.05, 3.63) is 28.0 Å². The number of rotatable bonds is 3. The molecule has 3 nitrogen and oxygen atoms in total. The van der Waals surface area contributed by atoms with Crippen LogP contribution in [0.25, 0.3) is 0 Å². The van der Waals surface area contributed by atoms with Crippen molar-refractivity contribution in [2.24, 2.45) is 0 Å². The number of aryl methyl sites for hydroxylation is 1. The second-order valence-corrected chi connectivity index (χ2v) is 4.89. The summed E-state index contributed by atoms with van der Waals surface area (Å²) in [6, 6.07) is 4.08. The zero-order valence-corrected chi connectivity index (χ0v) is 11.2. The molecule has 0 aliphatic carbocycles. The van der Waals surface area contributed by atoms with Gasteiger partial charge in [0.1, 0.15) is 10.2 Å². The molecule has 0 amide bonds. The average Bonchev–Trinajstić information content (AvgIpc) is 2.66. The van der Waals surface area contributed by atoms with Gasteiger partial charge in [0.05, 0.1) is 12.3 Å². The molecule has 0 saturated carbocycles. The SMILES string of the molecule is CCOC1(c2cc(C)cc(Br)n2)CCOC1. The van der Waals surface area contributed by atoms with Crippen LogP contribution in [0.1, 0.15) is 24.6 Å². The van der Waals surface area contributed by atoms with Gasteiger partial charge in [-0.3, -0.25) is 0 Å². The lowest BCUT2D eigenvalue weighted by Gasteiger charge is -2.27. The zero-order chi connectivity index (χ0) is 11.6. The summed E-state index contributed by atoms with van der Waals surface area (Å²) in [4.78, 5) is 4.52. The lowest BCUT2D eigenvalue weighted by Crippen LogP contribution is -2.31. The van der Waals surface area contributed by atoms with Crippen LogP contribution in [0.5, 0.6) is 0 Å². The summed E-state index contributed by atoms with van der Waals surface area (Å²) < 4.78 is 12.2. The molecule has 0 N–H and O–H groups in total.